The second kappa shape index (κ2) is 8.13. The highest BCUT2D eigenvalue weighted by molar-refractivity contribution is 6.29. The molecule has 4 heterocycles. The van der Waals surface area contributed by atoms with Gasteiger partial charge in [0.15, 0.2) is 0 Å². The van der Waals surface area contributed by atoms with Gasteiger partial charge >= 0.3 is 0 Å². The van der Waals surface area contributed by atoms with Crippen molar-refractivity contribution in [2.24, 2.45) is 14.1 Å². The van der Waals surface area contributed by atoms with Crippen LogP contribution in [0.25, 0.3) is 22.6 Å². The van der Waals surface area contributed by atoms with Crippen molar-refractivity contribution in [1.82, 2.24) is 29.3 Å². The fourth-order valence-corrected chi connectivity index (χ4v) is 5.19. The lowest BCUT2D eigenvalue weighted by molar-refractivity contribution is 0.397. The van der Waals surface area contributed by atoms with E-state index in [4.69, 9.17) is 21.4 Å². The van der Waals surface area contributed by atoms with E-state index in [0.29, 0.717) is 17.0 Å². The Hall–Kier alpha value is -3.39. The van der Waals surface area contributed by atoms with Gasteiger partial charge in [0.2, 0.25) is 5.88 Å². The number of hydrogen-bond acceptors (Lipinski definition) is 6. The van der Waals surface area contributed by atoms with Gasteiger partial charge in [0.25, 0.3) is 0 Å². The molecule has 0 N–H and O–H groups in total. The second-order valence-electron chi connectivity index (χ2n) is 9.03. The van der Waals surface area contributed by atoms with Crippen molar-refractivity contribution in [2.45, 2.75) is 31.7 Å². The molecule has 1 aromatic carbocycles. The Balaban J connectivity index is 1.35. The van der Waals surface area contributed by atoms with Crippen LogP contribution in [0.5, 0.6) is 5.88 Å². The van der Waals surface area contributed by atoms with Gasteiger partial charge in [-0.15, -0.1) is 0 Å². The van der Waals surface area contributed by atoms with Crippen LogP contribution in [0.2, 0.25) is 5.15 Å². The predicted molar refractivity (Wildman–Crippen MR) is 131 cm³/mol. The summed E-state index contributed by atoms with van der Waals surface area (Å²) in [6.45, 7) is 1.70. The third-order valence-corrected chi connectivity index (χ3v) is 7.00. The maximum absolute atomic E-state index is 6.07. The highest BCUT2D eigenvalue weighted by Crippen LogP contribution is 2.46. The molecule has 0 radical (unpaired) electrons. The van der Waals surface area contributed by atoms with Crippen LogP contribution in [0.1, 0.15) is 35.7 Å². The van der Waals surface area contributed by atoms with E-state index in [9.17, 15) is 0 Å². The van der Waals surface area contributed by atoms with Gasteiger partial charge in [0.05, 0.1) is 18.4 Å². The van der Waals surface area contributed by atoms with Crippen LogP contribution in [0.4, 0.5) is 5.69 Å². The number of anilines is 1. The van der Waals surface area contributed by atoms with Crippen LogP contribution >= 0.6 is 11.6 Å². The Morgan fingerprint density at radius 2 is 1.88 bits per heavy atom. The first-order chi connectivity index (χ1) is 16.5. The Bertz CT molecular complexity index is 1370. The third kappa shape index (κ3) is 3.53. The van der Waals surface area contributed by atoms with Crippen LogP contribution in [0.3, 0.4) is 0 Å². The Kier molecular flexibility index (Phi) is 5.06. The van der Waals surface area contributed by atoms with Crippen molar-refractivity contribution in [3.63, 3.8) is 0 Å². The number of nitrogens with zero attached hydrogens (tertiary/aromatic N) is 7. The summed E-state index contributed by atoms with van der Waals surface area (Å²) in [7, 11) is 5.65. The van der Waals surface area contributed by atoms with Gasteiger partial charge in [0, 0.05) is 68.2 Å². The average Bonchev–Trinajstić information content (AvgIpc) is 3.58. The van der Waals surface area contributed by atoms with Crippen molar-refractivity contribution < 1.29 is 4.74 Å². The first-order valence-electron chi connectivity index (χ1n) is 11.5. The zero-order valence-corrected chi connectivity index (χ0v) is 20.2. The number of methoxy groups -OCH3 is 1. The summed E-state index contributed by atoms with van der Waals surface area (Å²) in [5.74, 6) is 1.93. The van der Waals surface area contributed by atoms with Crippen LogP contribution in [0.15, 0.2) is 36.8 Å². The molecule has 34 heavy (non-hydrogen) atoms. The van der Waals surface area contributed by atoms with E-state index in [1.807, 2.05) is 29.5 Å². The number of fused-ring (bicyclic) bond motifs is 1. The molecule has 1 fully saturated rings. The number of hydrogen-bond donors (Lipinski definition) is 0. The quantitative estimate of drug-likeness (QED) is 0.426. The summed E-state index contributed by atoms with van der Waals surface area (Å²) < 4.78 is 9.62. The van der Waals surface area contributed by atoms with E-state index < -0.39 is 0 Å². The summed E-state index contributed by atoms with van der Waals surface area (Å²) in [4.78, 5) is 15.9. The summed E-state index contributed by atoms with van der Waals surface area (Å²) in [6, 6.07) is 8.52. The SMILES string of the molecule is COc1ncnc(C2CC2)c1-c1nn(C)c2c1CN(c1ccc(-c3nc(Cl)cn3C)cc1)CC2. The summed E-state index contributed by atoms with van der Waals surface area (Å²) >= 11 is 6.07. The molecule has 6 rings (SSSR count). The molecular weight excluding hydrogens is 450 g/mol. The molecule has 9 heteroatoms. The number of ether oxygens (including phenoxy) is 1. The van der Waals surface area contributed by atoms with E-state index in [2.05, 4.69) is 44.1 Å². The largest absolute Gasteiger partial charge is 0.480 e. The molecule has 1 aliphatic carbocycles. The van der Waals surface area contributed by atoms with Gasteiger partial charge < -0.3 is 14.2 Å². The van der Waals surface area contributed by atoms with Crippen molar-refractivity contribution in [3.05, 3.63) is 58.9 Å². The maximum atomic E-state index is 6.07. The standard InChI is InChI=1S/C25H26ClN7O/c1-31-13-20(26)29-24(31)16-6-8-17(9-7-16)33-11-10-19-18(12-33)23(30-32(19)2)21-22(15-4-5-15)27-14-28-25(21)34-3/h6-9,13-15H,4-5,10-12H2,1-3H3. The van der Waals surface area contributed by atoms with Gasteiger partial charge in [-0.25, -0.2) is 15.0 Å². The second-order valence-corrected chi connectivity index (χ2v) is 9.42. The topological polar surface area (TPSA) is 73.9 Å². The molecule has 0 spiro atoms. The molecule has 0 amide bonds. The molecule has 8 nitrogen and oxygen atoms in total. The number of benzene rings is 1. The summed E-state index contributed by atoms with van der Waals surface area (Å²) in [5, 5.41) is 5.44. The van der Waals surface area contributed by atoms with Gasteiger partial charge in [0.1, 0.15) is 23.0 Å². The number of aromatic nitrogens is 6. The number of halogens is 1. The monoisotopic (exact) mass is 475 g/mol. The predicted octanol–water partition coefficient (Wildman–Crippen LogP) is 4.38. The lowest BCUT2D eigenvalue weighted by Gasteiger charge is -2.30. The molecule has 0 unspecified atom stereocenters. The van der Waals surface area contributed by atoms with Crippen LogP contribution in [-0.4, -0.2) is 43.0 Å². The third-order valence-electron chi connectivity index (χ3n) is 6.82. The zero-order valence-electron chi connectivity index (χ0n) is 19.5. The van der Waals surface area contributed by atoms with Gasteiger partial charge in [-0.2, -0.15) is 5.10 Å². The van der Waals surface area contributed by atoms with Crippen molar-refractivity contribution >= 4 is 17.3 Å². The number of rotatable bonds is 5. The molecule has 1 saturated carbocycles. The number of imidazole rings is 1. The Morgan fingerprint density at radius 3 is 2.56 bits per heavy atom. The lowest BCUT2D eigenvalue weighted by Crippen LogP contribution is -2.31. The van der Waals surface area contributed by atoms with Crippen molar-refractivity contribution in [1.29, 1.82) is 0 Å². The molecular formula is C25H26ClN7O. The highest BCUT2D eigenvalue weighted by atomic mass is 35.5. The zero-order chi connectivity index (χ0) is 23.4. The van der Waals surface area contributed by atoms with Gasteiger partial charge in [-0.1, -0.05) is 11.6 Å². The maximum Gasteiger partial charge on any atom is 0.226 e. The van der Waals surface area contributed by atoms with Gasteiger partial charge in [-0.3, -0.25) is 4.68 Å². The molecule has 2 aliphatic rings. The normalized spacial score (nSPS) is 15.5. The first kappa shape index (κ1) is 21.2. The Labute approximate surface area is 203 Å². The highest BCUT2D eigenvalue weighted by Gasteiger charge is 2.34. The summed E-state index contributed by atoms with van der Waals surface area (Å²) in [6.07, 6.45) is 6.65. The fraction of sp³-hybridized carbons (Fsp3) is 0.360. The van der Waals surface area contributed by atoms with E-state index in [-0.39, 0.29) is 0 Å². The molecule has 4 aromatic rings. The van der Waals surface area contributed by atoms with Crippen LogP contribution in [0, 0.1) is 0 Å². The van der Waals surface area contributed by atoms with Gasteiger partial charge in [-0.05, 0) is 37.1 Å². The minimum absolute atomic E-state index is 0.469. The summed E-state index contributed by atoms with van der Waals surface area (Å²) in [5.41, 5.74) is 7.65. The number of aryl methyl sites for hydroxylation is 2. The smallest absolute Gasteiger partial charge is 0.226 e. The molecule has 1 aliphatic heterocycles. The van der Waals surface area contributed by atoms with E-state index >= 15 is 0 Å². The lowest BCUT2D eigenvalue weighted by atomic mass is 9.98. The molecule has 0 saturated heterocycles. The van der Waals surface area contributed by atoms with Crippen molar-refractivity contribution in [2.75, 3.05) is 18.6 Å². The van der Waals surface area contributed by atoms with Crippen molar-refractivity contribution in [3.8, 4) is 28.5 Å². The minimum Gasteiger partial charge on any atom is -0.480 e. The van der Waals surface area contributed by atoms with E-state index in [0.717, 1.165) is 60.7 Å². The molecule has 0 bridgehead atoms. The molecule has 0 atom stereocenters. The molecule has 174 valence electrons. The fourth-order valence-electron chi connectivity index (χ4n) is 4.96. The first-order valence-corrected chi connectivity index (χ1v) is 11.9. The van der Waals surface area contributed by atoms with Crippen LogP contribution in [-0.2, 0) is 27.1 Å². The van der Waals surface area contributed by atoms with E-state index in [1.165, 1.54) is 16.9 Å². The minimum atomic E-state index is 0.469. The van der Waals surface area contributed by atoms with Crippen LogP contribution < -0.4 is 9.64 Å². The average molecular weight is 476 g/mol. The Morgan fingerprint density at radius 1 is 1.09 bits per heavy atom. The molecule has 3 aromatic heterocycles. The van der Waals surface area contributed by atoms with E-state index in [1.54, 1.807) is 13.4 Å².